The van der Waals surface area contributed by atoms with E-state index in [1.54, 1.807) is 13.3 Å². The highest BCUT2D eigenvalue weighted by Gasteiger charge is 2.00. The van der Waals surface area contributed by atoms with Crippen molar-refractivity contribution in [2.75, 3.05) is 20.3 Å². The molecule has 2 N–H and O–H groups in total. The van der Waals surface area contributed by atoms with Gasteiger partial charge in [0, 0.05) is 38.4 Å². The molecule has 0 radical (unpaired) electrons. The van der Waals surface area contributed by atoms with Crippen molar-refractivity contribution < 1.29 is 9.47 Å². The van der Waals surface area contributed by atoms with Crippen molar-refractivity contribution in [3.05, 3.63) is 23.9 Å². The first-order valence-corrected chi connectivity index (χ1v) is 5.07. The molecular formula is C11H18N2O2. The van der Waals surface area contributed by atoms with Crippen LogP contribution in [0.5, 0.6) is 5.88 Å². The molecule has 4 heteroatoms. The lowest BCUT2D eigenvalue weighted by molar-refractivity contribution is 0.170. The fourth-order valence-electron chi connectivity index (χ4n) is 1.13. The van der Waals surface area contributed by atoms with Crippen LogP contribution in [0.1, 0.15) is 24.9 Å². The third-order valence-electron chi connectivity index (χ3n) is 2.03. The van der Waals surface area contributed by atoms with Gasteiger partial charge >= 0.3 is 0 Å². The minimum absolute atomic E-state index is 0.0139. The zero-order valence-electron chi connectivity index (χ0n) is 9.27. The average Bonchev–Trinajstić information content (AvgIpc) is 2.25. The van der Waals surface area contributed by atoms with Crippen LogP contribution in [0.25, 0.3) is 0 Å². The molecule has 0 bridgehead atoms. The van der Waals surface area contributed by atoms with Crippen molar-refractivity contribution in [2.45, 2.75) is 19.4 Å². The van der Waals surface area contributed by atoms with E-state index in [1.807, 2.05) is 19.1 Å². The minimum Gasteiger partial charge on any atom is -0.478 e. The van der Waals surface area contributed by atoms with E-state index in [2.05, 4.69) is 4.98 Å². The predicted octanol–water partition coefficient (Wildman–Crippen LogP) is 1.52. The number of hydrogen-bond donors (Lipinski definition) is 1. The standard InChI is InChI=1S/C11H18N2O2/c1-9(12)10-4-5-11(13-8-10)15-7-3-6-14-2/h4-5,8-9H,3,6-7,12H2,1-2H3. The van der Waals surface area contributed by atoms with Crippen molar-refractivity contribution >= 4 is 0 Å². The highest BCUT2D eigenvalue weighted by atomic mass is 16.5. The van der Waals surface area contributed by atoms with Gasteiger partial charge in [-0.15, -0.1) is 0 Å². The van der Waals surface area contributed by atoms with Gasteiger partial charge in [0.15, 0.2) is 0 Å². The molecule has 1 rings (SSSR count). The van der Waals surface area contributed by atoms with E-state index >= 15 is 0 Å². The number of pyridine rings is 1. The van der Waals surface area contributed by atoms with Crippen LogP contribution in [0.15, 0.2) is 18.3 Å². The van der Waals surface area contributed by atoms with E-state index < -0.39 is 0 Å². The smallest absolute Gasteiger partial charge is 0.213 e. The van der Waals surface area contributed by atoms with Crippen LogP contribution < -0.4 is 10.5 Å². The lowest BCUT2D eigenvalue weighted by Gasteiger charge is -2.07. The molecule has 1 unspecified atom stereocenters. The Hall–Kier alpha value is -1.13. The summed E-state index contributed by atoms with van der Waals surface area (Å²) < 4.78 is 10.3. The molecule has 1 aromatic rings. The fraction of sp³-hybridized carbons (Fsp3) is 0.545. The van der Waals surface area contributed by atoms with E-state index in [0.29, 0.717) is 19.1 Å². The van der Waals surface area contributed by atoms with Crippen LogP contribution in [0.3, 0.4) is 0 Å². The van der Waals surface area contributed by atoms with Gasteiger partial charge in [0.2, 0.25) is 5.88 Å². The van der Waals surface area contributed by atoms with E-state index in [0.717, 1.165) is 12.0 Å². The van der Waals surface area contributed by atoms with Gasteiger partial charge in [0.25, 0.3) is 0 Å². The molecule has 0 aliphatic carbocycles. The molecule has 0 fully saturated rings. The van der Waals surface area contributed by atoms with Crippen LogP contribution in [-0.4, -0.2) is 25.3 Å². The second-order valence-electron chi connectivity index (χ2n) is 3.41. The molecule has 0 saturated carbocycles. The largest absolute Gasteiger partial charge is 0.478 e. The lowest BCUT2D eigenvalue weighted by Crippen LogP contribution is -2.06. The Morgan fingerprint density at radius 1 is 1.40 bits per heavy atom. The Labute approximate surface area is 90.4 Å². The second-order valence-corrected chi connectivity index (χ2v) is 3.41. The molecular weight excluding hydrogens is 192 g/mol. The SMILES string of the molecule is COCCCOc1ccc(C(C)N)cn1. The maximum absolute atomic E-state index is 5.71. The average molecular weight is 210 g/mol. The quantitative estimate of drug-likeness (QED) is 0.723. The first-order chi connectivity index (χ1) is 7.24. The van der Waals surface area contributed by atoms with Gasteiger partial charge in [-0.05, 0) is 12.5 Å². The molecule has 1 aromatic heterocycles. The third kappa shape index (κ3) is 4.27. The van der Waals surface area contributed by atoms with E-state index in [9.17, 15) is 0 Å². The van der Waals surface area contributed by atoms with Crippen LogP contribution in [0.2, 0.25) is 0 Å². The van der Waals surface area contributed by atoms with Crippen molar-refractivity contribution in [3.63, 3.8) is 0 Å². The third-order valence-corrected chi connectivity index (χ3v) is 2.03. The molecule has 4 nitrogen and oxygen atoms in total. The predicted molar refractivity (Wildman–Crippen MR) is 58.8 cm³/mol. The minimum atomic E-state index is 0.0139. The maximum atomic E-state index is 5.71. The van der Waals surface area contributed by atoms with Gasteiger partial charge in [-0.3, -0.25) is 0 Å². The second kappa shape index (κ2) is 6.37. The summed E-state index contributed by atoms with van der Waals surface area (Å²) in [5.74, 6) is 0.635. The summed E-state index contributed by atoms with van der Waals surface area (Å²) in [5, 5.41) is 0. The number of nitrogens with zero attached hydrogens (tertiary/aromatic N) is 1. The van der Waals surface area contributed by atoms with Crippen LogP contribution in [0, 0.1) is 0 Å². The Balaban J connectivity index is 2.36. The molecule has 1 heterocycles. The van der Waals surface area contributed by atoms with E-state index in [1.165, 1.54) is 0 Å². The molecule has 0 saturated heterocycles. The molecule has 0 amide bonds. The van der Waals surface area contributed by atoms with Crippen molar-refractivity contribution in [2.24, 2.45) is 5.73 Å². The molecule has 15 heavy (non-hydrogen) atoms. The number of methoxy groups -OCH3 is 1. The number of aromatic nitrogens is 1. The number of ether oxygens (including phenoxy) is 2. The Kier molecular flexibility index (Phi) is 5.07. The Morgan fingerprint density at radius 3 is 2.73 bits per heavy atom. The zero-order chi connectivity index (χ0) is 11.1. The Morgan fingerprint density at radius 2 is 2.20 bits per heavy atom. The summed E-state index contributed by atoms with van der Waals surface area (Å²) in [6.45, 7) is 3.26. The van der Waals surface area contributed by atoms with Gasteiger partial charge in [0.05, 0.1) is 6.61 Å². The molecule has 0 aromatic carbocycles. The Bertz CT molecular complexity index is 272. The van der Waals surface area contributed by atoms with Crippen molar-refractivity contribution in [1.29, 1.82) is 0 Å². The van der Waals surface area contributed by atoms with Gasteiger partial charge in [-0.1, -0.05) is 6.07 Å². The highest BCUT2D eigenvalue weighted by molar-refractivity contribution is 5.19. The topological polar surface area (TPSA) is 57.4 Å². The first kappa shape index (κ1) is 11.9. The lowest BCUT2D eigenvalue weighted by atomic mass is 10.2. The summed E-state index contributed by atoms with van der Waals surface area (Å²) in [6.07, 6.45) is 2.61. The summed E-state index contributed by atoms with van der Waals surface area (Å²) in [5.41, 5.74) is 6.72. The normalized spacial score (nSPS) is 12.5. The molecule has 0 spiro atoms. The maximum Gasteiger partial charge on any atom is 0.213 e. The number of rotatable bonds is 6. The summed E-state index contributed by atoms with van der Waals surface area (Å²) >= 11 is 0. The van der Waals surface area contributed by atoms with Gasteiger partial charge in [0.1, 0.15) is 0 Å². The number of nitrogens with two attached hydrogens (primary N) is 1. The fourth-order valence-corrected chi connectivity index (χ4v) is 1.13. The molecule has 0 aliphatic heterocycles. The first-order valence-electron chi connectivity index (χ1n) is 5.07. The van der Waals surface area contributed by atoms with Gasteiger partial charge < -0.3 is 15.2 Å². The molecule has 84 valence electrons. The monoisotopic (exact) mass is 210 g/mol. The van der Waals surface area contributed by atoms with Gasteiger partial charge in [-0.25, -0.2) is 4.98 Å². The number of hydrogen-bond acceptors (Lipinski definition) is 4. The van der Waals surface area contributed by atoms with E-state index in [4.69, 9.17) is 15.2 Å². The molecule has 0 aliphatic rings. The van der Waals surface area contributed by atoms with Crippen LogP contribution >= 0.6 is 0 Å². The summed E-state index contributed by atoms with van der Waals surface area (Å²) in [7, 11) is 1.68. The van der Waals surface area contributed by atoms with Crippen molar-refractivity contribution in [1.82, 2.24) is 4.98 Å². The summed E-state index contributed by atoms with van der Waals surface area (Å²) in [4.78, 5) is 4.15. The van der Waals surface area contributed by atoms with Crippen LogP contribution in [0.4, 0.5) is 0 Å². The van der Waals surface area contributed by atoms with Crippen molar-refractivity contribution in [3.8, 4) is 5.88 Å². The van der Waals surface area contributed by atoms with E-state index in [-0.39, 0.29) is 6.04 Å². The zero-order valence-corrected chi connectivity index (χ0v) is 9.27. The summed E-state index contributed by atoms with van der Waals surface area (Å²) in [6, 6.07) is 3.79. The van der Waals surface area contributed by atoms with Crippen LogP contribution in [-0.2, 0) is 4.74 Å². The van der Waals surface area contributed by atoms with Gasteiger partial charge in [-0.2, -0.15) is 0 Å². The molecule has 1 atom stereocenters. The highest BCUT2D eigenvalue weighted by Crippen LogP contribution is 2.12.